The molecule has 21 heavy (non-hydrogen) atoms. The van der Waals surface area contributed by atoms with E-state index in [9.17, 15) is 9.18 Å². The monoisotopic (exact) mass is 286 g/mol. The van der Waals surface area contributed by atoms with E-state index in [0.717, 1.165) is 0 Å². The SMILES string of the molecule is C[C@H](OC(=O)c1ccccc1)[C@]1(c2ccccc2F)CO1. The van der Waals surface area contributed by atoms with Gasteiger partial charge in [-0.25, -0.2) is 9.18 Å². The van der Waals surface area contributed by atoms with E-state index in [2.05, 4.69) is 0 Å². The van der Waals surface area contributed by atoms with Crippen molar-refractivity contribution in [2.45, 2.75) is 18.6 Å². The molecule has 2 aromatic carbocycles. The average molecular weight is 286 g/mol. The molecule has 0 aromatic heterocycles. The molecule has 0 amide bonds. The number of rotatable bonds is 4. The van der Waals surface area contributed by atoms with E-state index < -0.39 is 17.7 Å². The van der Waals surface area contributed by atoms with Crippen LogP contribution in [-0.4, -0.2) is 18.7 Å². The molecule has 3 nitrogen and oxygen atoms in total. The van der Waals surface area contributed by atoms with Gasteiger partial charge in [0.25, 0.3) is 0 Å². The largest absolute Gasteiger partial charge is 0.456 e. The maximum absolute atomic E-state index is 13.9. The van der Waals surface area contributed by atoms with Gasteiger partial charge in [-0.3, -0.25) is 0 Å². The Balaban J connectivity index is 1.78. The molecule has 1 aliphatic heterocycles. The van der Waals surface area contributed by atoms with E-state index in [1.807, 2.05) is 6.07 Å². The first-order chi connectivity index (χ1) is 10.1. The summed E-state index contributed by atoms with van der Waals surface area (Å²) in [5.41, 5.74) is 0.0301. The van der Waals surface area contributed by atoms with Gasteiger partial charge in [-0.15, -0.1) is 0 Å². The fourth-order valence-electron chi connectivity index (χ4n) is 2.39. The Bertz CT molecular complexity index is 650. The van der Waals surface area contributed by atoms with Crippen LogP contribution < -0.4 is 0 Å². The highest BCUT2D eigenvalue weighted by Crippen LogP contribution is 2.44. The van der Waals surface area contributed by atoms with Gasteiger partial charge in [0.1, 0.15) is 11.9 Å². The Morgan fingerprint density at radius 2 is 1.81 bits per heavy atom. The number of hydrogen-bond donors (Lipinski definition) is 0. The molecule has 2 aromatic rings. The van der Waals surface area contributed by atoms with E-state index >= 15 is 0 Å². The van der Waals surface area contributed by atoms with Crippen LogP contribution in [0, 0.1) is 5.82 Å². The minimum Gasteiger partial charge on any atom is -0.456 e. The fourth-order valence-corrected chi connectivity index (χ4v) is 2.39. The number of ether oxygens (including phenoxy) is 2. The third-order valence-corrected chi connectivity index (χ3v) is 3.74. The Kier molecular flexibility index (Phi) is 3.47. The highest BCUT2D eigenvalue weighted by molar-refractivity contribution is 5.89. The Hall–Kier alpha value is -2.20. The Morgan fingerprint density at radius 3 is 2.43 bits per heavy atom. The summed E-state index contributed by atoms with van der Waals surface area (Å²) in [7, 11) is 0. The van der Waals surface area contributed by atoms with Crippen molar-refractivity contribution in [1.29, 1.82) is 0 Å². The lowest BCUT2D eigenvalue weighted by Crippen LogP contribution is -2.31. The molecular formula is C17H15FO3. The summed E-state index contributed by atoms with van der Waals surface area (Å²) in [6, 6.07) is 15.1. The summed E-state index contributed by atoms with van der Waals surface area (Å²) in [6.45, 7) is 2.07. The van der Waals surface area contributed by atoms with Crippen LogP contribution in [0.2, 0.25) is 0 Å². The lowest BCUT2D eigenvalue weighted by atomic mass is 9.94. The molecule has 1 saturated heterocycles. The summed E-state index contributed by atoms with van der Waals surface area (Å²) in [5.74, 6) is -0.785. The number of carbonyl (C=O) groups is 1. The van der Waals surface area contributed by atoms with Crippen molar-refractivity contribution < 1.29 is 18.7 Å². The fraction of sp³-hybridized carbons (Fsp3) is 0.235. The smallest absolute Gasteiger partial charge is 0.338 e. The van der Waals surface area contributed by atoms with Gasteiger partial charge in [-0.1, -0.05) is 36.4 Å². The first-order valence-electron chi connectivity index (χ1n) is 6.78. The van der Waals surface area contributed by atoms with Gasteiger partial charge < -0.3 is 9.47 Å². The van der Waals surface area contributed by atoms with Crippen molar-refractivity contribution in [2.75, 3.05) is 6.61 Å². The molecule has 0 bridgehead atoms. The van der Waals surface area contributed by atoms with Crippen molar-refractivity contribution in [1.82, 2.24) is 0 Å². The molecule has 1 fully saturated rings. The molecule has 3 rings (SSSR count). The Morgan fingerprint density at radius 1 is 1.19 bits per heavy atom. The van der Waals surface area contributed by atoms with Crippen LogP contribution in [0.3, 0.4) is 0 Å². The van der Waals surface area contributed by atoms with E-state index in [0.29, 0.717) is 17.7 Å². The van der Waals surface area contributed by atoms with Gasteiger partial charge in [0.2, 0.25) is 0 Å². The lowest BCUT2D eigenvalue weighted by Gasteiger charge is -2.21. The van der Waals surface area contributed by atoms with E-state index in [-0.39, 0.29) is 5.82 Å². The number of epoxide rings is 1. The van der Waals surface area contributed by atoms with Crippen LogP contribution in [0.25, 0.3) is 0 Å². The highest BCUT2D eigenvalue weighted by atomic mass is 19.1. The topological polar surface area (TPSA) is 38.8 Å². The van der Waals surface area contributed by atoms with Crippen LogP contribution in [0.1, 0.15) is 22.8 Å². The second kappa shape index (κ2) is 5.30. The minimum absolute atomic E-state index is 0.344. The molecule has 108 valence electrons. The van der Waals surface area contributed by atoms with Gasteiger partial charge in [-0.05, 0) is 25.1 Å². The van der Waals surface area contributed by atoms with Gasteiger partial charge in [0, 0.05) is 5.56 Å². The van der Waals surface area contributed by atoms with Crippen LogP contribution in [0.15, 0.2) is 54.6 Å². The average Bonchev–Trinajstić information content (AvgIpc) is 3.30. The zero-order chi connectivity index (χ0) is 14.9. The summed E-state index contributed by atoms with van der Waals surface area (Å²) in [5, 5.41) is 0. The number of halogens is 1. The first-order valence-corrected chi connectivity index (χ1v) is 6.78. The molecule has 0 saturated carbocycles. The predicted octanol–water partition coefficient (Wildman–Crippen LogP) is 3.30. The molecule has 1 heterocycles. The second-order valence-electron chi connectivity index (χ2n) is 5.07. The van der Waals surface area contributed by atoms with E-state index in [1.54, 1.807) is 49.4 Å². The van der Waals surface area contributed by atoms with Gasteiger partial charge >= 0.3 is 5.97 Å². The molecule has 0 aliphatic carbocycles. The molecule has 0 unspecified atom stereocenters. The van der Waals surface area contributed by atoms with Crippen molar-refractivity contribution in [3.8, 4) is 0 Å². The first kappa shape index (κ1) is 13.8. The number of benzene rings is 2. The van der Waals surface area contributed by atoms with Crippen LogP contribution in [-0.2, 0) is 15.1 Å². The number of carbonyl (C=O) groups excluding carboxylic acids is 1. The van der Waals surface area contributed by atoms with E-state index in [1.165, 1.54) is 6.07 Å². The molecule has 0 spiro atoms. The van der Waals surface area contributed by atoms with Crippen LogP contribution >= 0.6 is 0 Å². The normalized spacial score (nSPS) is 21.6. The maximum Gasteiger partial charge on any atom is 0.338 e. The highest BCUT2D eigenvalue weighted by Gasteiger charge is 2.54. The second-order valence-corrected chi connectivity index (χ2v) is 5.07. The molecule has 0 N–H and O–H groups in total. The molecule has 0 radical (unpaired) electrons. The molecule has 1 aliphatic rings. The number of esters is 1. The lowest BCUT2D eigenvalue weighted by molar-refractivity contribution is 0.00982. The van der Waals surface area contributed by atoms with Crippen molar-refractivity contribution in [3.63, 3.8) is 0 Å². The van der Waals surface area contributed by atoms with Crippen molar-refractivity contribution in [3.05, 3.63) is 71.5 Å². The van der Waals surface area contributed by atoms with Gasteiger partial charge in [0.15, 0.2) is 5.60 Å². The van der Waals surface area contributed by atoms with Crippen LogP contribution in [0.5, 0.6) is 0 Å². The van der Waals surface area contributed by atoms with Crippen LogP contribution in [0.4, 0.5) is 4.39 Å². The standard InChI is InChI=1S/C17H15FO3/c1-12(21-16(19)13-7-3-2-4-8-13)17(11-20-17)14-9-5-6-10-15(14)18/h2-10,12H,11H2,1H3/t12-,17-/m0/s1. The quantitative estimate of drug-likeness (QED) is 0.639. The zero-order valence-corrected chi connectivity index (χ0v) is 11.6. The minimum atomic E-state index is -0.865. The van der Waals surface area contributed by atoms with Gasteiger partial charge in [0.05, 0.1) is 12.2 Å². The molecule has 2 atom stereocenters. The number of hydrogen-bond acceptors (Lipinski definition) is 3. The third-order valence-electron chi connectivity index (χ3n) is 3.74. The van der Waals surface area contributed by atoms with Crippen molar-refractivity contribution in [2.24, 2.45) is 0 Å². The summed E-state index contributed by atoms with van der Waals surface area (Å²) in [4.78, 5) is 12.1. The predicted molar refractivity (Wildman–Crippen MR) is 75.3 cm³/mol. The summed E-state index contributed by atoms with van der Waals surface area (Å²) < 4.78 is 24.8. The van der Waals surface area contributed by atoms with Gasteiger partial charge in [-0.2, -0.15) is 0 Å². The maximum atomic E-state index is 13.9. The summed E-state index contributed by atoms with van der Waals surface area (Å²) >= 11 is 0. The third kappa shape index (κ3) is 2.54. The Labute approximate surface area is 122 Å². The van der Waals surface area contributed by atoms with Crippen molar-refractivity contribution >= 4 is 5.97 Å². The van der Waals surface area contributed by atoms with E-state index in [4.69, 9.17) is 9.47 Å². The zero-order valence-electron chi connectivity index (χ0n) is 11.6. The summed E-state index contributed by atoms with van der Waals surface area (Å²) in [6.07, 6.45) is -0.567. The molecule has 4 heteroatoms. The molecular weight excluding hydrogens is 271 g/mol.